The predicted octanol–water partition coefficient (Wildman–Crippen LogP) is 3.75. The van der Waals surface area contributed by atoms with Gasteiger partial charge >= 0.3 is 0 Å². The fourth-order valence-corrected chi connectivity index (χ4v) is 2.04. The molecule has 0 aliphatic carbocycles. The van der Waals surface area contributed by atoms with Gasteiger partial charge in [0.15, 0.2) is 0 Å². The maximum atomic E-state index is 5.89. The summed E-state index contributed by atoms with van der Waals surface area (Å²) in [6, 6.07) is 6.59. The molecule has 0 aromatic heterocycles. The molecule has 0 bridgehead atoms. The maximum Gasteiger partial charge on any atom is 0.120 e. The second-order valence-corrected chi connectivity index (χ2v) is 5.85. The van der Waals surface area contributed by atoms with Crippen LogP contribution in [0.4, 0.5) is 0 Å². The Kier molecular flexibility index (Phi) is 7.42. The van der Waals surface area contributed by atoms with E-state index in [9.17, 15) is 0 Å². The average Bonchev–Trinajstić information content (AvgIpc) is 2.37. The lowest BCUT2D eigenvalue weighted by atomic mass is 10.2. The van der Waals surface area contributed by atoms with Crippen LogP contribution in [0.2, 0.25) is 0 Å². The second-order valence-electron chi connectivity index (χ2n) is 5.00. The summed E-state index contributed by atoms with van der Waals surface area (Å²) < 4.78 is 12.1. The molecule has 19 heavy (non-hydrogen) atoms. The van der Waals surface area contributed by atoms with Crippen molar-refractivity contribution in [2.75, 3.05) is 13.7 Å². The van der Waals surface area contributed by atoms with Gasteiger partial charge in [-0.25, -0.2) is 0 Å². The van der Waals surface area contributed by atoms with Gasteiger partial charge in [-0.1, -0.05) is 29.8 Å². The van der Waals surface area contributed by atoms with Crippen molar-refractivity contribution in [2.24, 2.45) is 0 Å². The lowest BCUT2D eigenvalue weighted by Gasteiger charge is -2.16. The van der Waals surface area contributed by atoms with Crippen LogP contribution in [0, 0.1) is 0 Å². The van der Waals surface area contributed by atoms with E-state index in [1.165, 1.54) is 5.56 Å². The first-order chi connectivity index (χ1) is 9.02. The molecular weight excluding hydrogens is 306 g/mol. The molecule has 0 saturated carbocycles. The Morgan fingerprint density at radius 2 is 2.00 bits per heavy atom. The highest BCUT2D eigenvalue weighted by Gasteiger charge is 2.07. The van der Waals surface area contributed by atoms with Gasteiger partial charge < -0.3 is 14.8 Å². The number of halogens is 1. The molecule has 0 amide bonds. The van der Waals surface area contributed by atoms with Crippen LogP contribution in [0.25, 0.3) is 0 Å². The Bertz CT molecular complexity index is 382. The third-order valence-electron chi connectivity index (χ3n) is 2.78. The SMILES string of the molecule is COCCC(C)Oc1ccc(Br)c(CNC(C)C)c1. The van der Waals surface area contributed by atoms with Crippen molar-refractivity contribution in [3.8, 4) is 5.75 Å². The largest absolute Gasteiger partial charge is 0.491 e. The summed E-state index contributed by atoms with van der Waals surface area (Å²) in [5, 5.41) is 3.41. The first-order valence-corrected chi connectivity index (χ1v) is 7.49. The first kappa shape index (κ1) is 16.5. The molecule has 0 spiro atoms. The summed E-state index contributed by atoms with van der Waals surface area (Å²) in [7, 11) is 1.71. The van der Waals surface area contributed by atoms with Gasteiger partial charge in [-0.15, -0.1) is 0 Å². The molecule has 0 radical (unpaired) electrons. The van der Waals surface area contributed by atoms with E-state index in [0.29, 0.717) is 6.04 Å². The van der Waals surface area contributed by atoms with Crippen LogP contribution in [0.5, 0.6) is 5.75 Å². The minimum absolute atomic E-state index is 0.159. The summed E-state index contributed by atoms with van der Waals surface area (Å²) in [5.41, 5.74) is 1.21. The van der Waals surface area contributed by atoms with E-state index in [2.05, 4.69) is 48.1 Å². The maximum absolute atomic E-state index is 5.89. The van der Waals surface area contributed by atoms with Crippen LogP contribution < -0.4 is 10.1 Å². The minimum Gasteiger partial charge on any atom is -0.491 e. The number of nitrogens with one attached hydrogen (secondary N) is 1. The van der Waals surface area contributed by atoms with Gasteiger partial charge in [-0.05, 0) is 30.7 Å². The van der Waals surface area contributed by atoms with Gasteiger partial charge in [-0.2, -0.15) is 0 Å². The van der Waals surface area contributed by atoms with E-state index in [1.54, 1.807) is 7.11 Å². The smallest absolute Gasteiger partial charge is 0.120 e. The molecule has 4 heteroatoms. The minimum atomic E-state index is 0.159. The van der Waals surface area contributed by atoms with Crippen molar-refractivity contribution < 1.29 is 9.47 Å². The number of hydrogen-bond donors (Lipinski definition) is 1. The number of hydrogen-bond acceptors (Lipinski definition) is 3. The molecule has 1 rings (SSSR count). The van der Waals surface area contributed by atoms with E-state index in [0.717, 1.165) is 29.8 Å². The third kappa shape index (κ3) is 6.41. The number of methoxy groups -OCH3 is 1. The standard InChI is InChI=1S/C15H24BrNO2/c1-11(2)17-10-13-9-14(5-6-15(13)16)19-12(3)7-8-18-4/h5-6,9,11-12,17H,7-8,10H2,1-4H3. The Labute approximate surface area is 124 Å². The van der Waals surface area contributed by atoms with Crippen molar-refractivity contribution in [3.63, 3.8) is 0 Å². The molecule has 1 aromatic carbocycles. The van der Waals surface area contributed by atoms with E-state index < -0.39 is 0 Å². The fraction of sp³-hybridized carbons (Fsp3) is 0.600. The molecule has 1 aromatic rings. The van der Waals surface area contributed by atoms with Crippen LogP contribution in [-0.4, -0.2) is 25.9 Å². The van der Waals surface area contributed by atoms with E-state index in [4.69, 9.17) is 9.47 Å². The topological polar surface area (TPSA) is 30.5 Å². The van der Waals surface area contributed by atoms with Crippen molar-refractivity contribution >= 4 is 15.9 Å². The summed E-state index contributed by atoms with van der Waals surface area (Å²) in [5.74, 6) is 0.910. The van der Waals surface area contributed by atoms with Crippen LogP contribution in [0.15, 0.2) is 22.7 Å². The molecule has 108 valence electrons. The lowest BCUT2D eigenvalue weighted by molar-refractivity contribution is 0.135. The zero-order chi connectivity index (χ0) is 14.3. The van der Waals surface area contributed by atoms with Gasteiger partial charge in [0.1, 0.15) is 5.75 Å². The molecule has 1 atom stereocenters. The monoisotopic (exact) mass is 329 g/mol. The Morgan fingerprint density at radius 1 is 1.26 bits per heavy atom. The van der Waals surface area contributed by atoms with Crippen LogP contribution in [0.3, 0.4) is 0 Å². The molecule has 0 aliphatic rings. The summed E-state index contributed by atoms with van der Waals surface area (Å²) >= 11 is 3.57. The van der Waals surface area contributed by atoms with Crippen molar-refractivity contribution in [1.82, 2.24) is 5.32 Å². The normalized spacial score (nSPS) is 12.7. The zero-order valence-electron chi connectivity index (χ0n) is 12.2. The Morgan fingerprint density at radius 3 is 2.63 bits per heavy atom. The van der Waals surface area contributed by atoms with Gasteiger partial charge in [0.2, 0.25) is 0 Å². The average molecular weight is 330 g/mol. The molecule has 0 heterocycles. The van der Waals surface area contributed by atoms with Crippen molar-refractivity contribution in [3.05, 3.63) is 28.2 Å². The molecular formula is C15H24BrNO2. The summed E-state index contributed by atoms with van der Waals surface area (Å²) in [6.07, 6.45) is 1.05. The van der Waals surface area contributed by atoms with Crippen molar-refractivity contribution in [1.29, 1.82) is 0 Å². The van der Waals surface area contributed by atoms with Gasteiger partial charge in [0, 0.05) is 37.2 Å². The van der Waals surface area contributed by atoms with Crippen molar-refractivity contribution in [2.45, 2.75) is 45.9 Å². The Hall–Kier alpha value is -0.580. The predicted molar refractivity (Wildman–Crippen MR) is 82.7 cm³/mol. The Balaban J connectivity index is 2.62. The summed E-state index contributed by atoms with van der Waals surface area (Å²) in [6.45, 7) is 7.90. The lowest BCUT2D eigenvalue weighted by Crippen LogP contribution is -2.22. The highest BCUT2D eigenvalue weighted by molar-refractivity contribution is 9.10. The first-order valence-electron chi connectivity index (χ1n) is 6.70. The number of ether oxygens (including phenoxy) is 2. The molecule has 0 aliphatic heterocycles. The number of rotatable bonds is 8. The molecule has 3 nitrogen and oxygen atoms in total. The highest BCUT2D eigenvalue weighted by atomic mass is 79.9. The zero-order valence-corrected chi connectivity index (χ0v) is 13.8. The fourth-order valence-electron chi connectivity index (χ4n) is 1.65. The quantitative estimate of drug-likeness (QED) is 0.787. The second kappa shape index (κ2) is 8.56. The summed E-state index contributed by atoms with van der Waals surface area (Å²) in [4.78, 5) is 0. The third-order valence-corrected chi connectivity index (χ3v) is 3.56. The van der Waals surface area contributed by atoms with E-state index in [1.807, 2.05) is 12.1 Å². The van der Waals surface area contributed by atoms with Gasteiger partial charge in [0.05, 0.1) is 6.10 Å². The number of benzene rings is 1. The molecule has 1 unspecified atom stereocenters. The molecule has 1 N–H and O–H groups in total. The van der Waals surface area contributed by atoms with Crippen LogP contribution >= 0.6 is 15.9 Å². The van der Waals surface area contributed by atoms with E-state index >= 15 is 0 Å². The van der Waals surface area contributed by atoms with Gasteiger partial charge in [0.25, 0.3) is 0 Å². The van der Waals surface area contributed by atoms with Crippen LogP contribution in [-0.2, 0) is 11.3 Å². The van der Waals surface area contributed by atoms with E-state index in [-0.39, 0.29) is 6.10 Å². The molecule has 0 saturated heterocycles. The van der Waals surface area contributed by atoms with Crippen LogP contribution in [0.1, 0.15) is 32.8 Å². The molecule has 0 fully saturated rings. The van der Waals surface area contributed by atoms with Gasteiger partial charge in [-0.3, -0.25) is 0 Å². The highest BCUT2D eigenvalue weighted by Crippen LogP contribution is 2.23.